The van der Waals surface area contributed by atoms with Crippen molar-refractivity contribution in [1.29, 1.82) is 0 Å². The third-order valence-corrected chi connectivity index (χ3v) is 3.79. The van der Waals surface area contributed by atoms with Crippen molar-refractivity contribution in [2.24, 2.45) is 0 Å². The van der Waals surface area contributed by atoms with Crippen molar-refractivity contribution in [3.8, 4) is 0 Å². The molecule has 7 heteroatoms. The van der Waals surface area contributed by atoms with E-state index >= 15 is 0 Å². The van der Waals surface area contributed by atoms with Crippen molar-refractivity contribution >= 4 is 10.2 Å². The van der Waals surface area contributed by atoms with Crippen LogP contribution in [0.1, 0.15) is 26.7 Å². The fourth-order valence-electron chi connectivity index (χ4n) is 1.72. The molecule has 0 spiro atoms. The molecule has 1 aliphatic rings. The minimum atomic E-state index is -3.38. The maximum Gasteiger partial charge on any atom is 0.277 e. The Morgan fingerprint density at radius 3 is 2.59 bits per heavy atom. The van der Waals surface area contributed by atoms with Gasteiger partial charge in [0.15, 0.2) is 0 Å². The van der Waals surface area contributed by atoms with E-state index < -0.39 is 10.2 Å². The van der Waals surface area contributed by atoms with Crippen LogP contribution in [0.25, 0.3) is 0 Å². The summed E-state index contributed by atoms with van der Waals surface area (Å²) in [6.45, 7) is 6.25. The fourth-order valence-corrected chi connectivity index (χ4v) is 2.77. The van der Waals surface area contributed by atoms with Gasteiger partial charge in [0.05, 0.1) is 12.7 Å². The molecular weight excluding hydrogens is 242 g/mol. The highest BCUT2D eigenvalue weighted by Gasteiger charge is 2.14. The topological polar surface area (TPSA) is 79.5 Å². The van der Waals surface area contributed by atoms with Gasteiger partial charge in [0.1, 0.15) is 0 Å². The van der Waals surface area contributed by atoms with Crippen LogP contribution in [-0.2, 0) is 14.9 Å². The van der Waals surface area contributed by atoms with Gasteiger partial charge in [-0.2, -0.15) is 17.9 Å². The Morgan fingerprint density at radius 2 is 2.00 bits per heavy atom. The molecule has 0 aromatic heterocycles. The molecule has 0 unspecified atom stereocenters. The van der Waals surface area contributed by atoms with Gasteiger partial charge in [0, 0.05) is 12.6 Å². The van der Waals surface area contributed by atoms with E-state index in [0.29, 0.717) is 13.2 Å². The summed E-state index contributed by atoms with van der Waals surface area (Å²) in [7, 11) is -3.38. The maximum atomic E-state index is 11.4. The molecule has 0 bridgehead atoms. The van der Waals surface area contributed by atoms with Crippen LogP contribution >= 0.6 is 0 Å². The number of nitrogens with one attached hydrogen (secondary N) is 3. The van der Waals surface area contributed by atoms with Gasteiger partial charge in [0.25, 0.3) is 10.2 Å². The normalized spacial score (nSPS) is 18.8. The number of ether oxygens (including phenoxy) is 1. The van der Waals surface area contributed by atoms with Crippen molar-refractivity contribution in [2.75, 3.05) is 26.2 Å². The summed E-state index contributed by atoms with van der Waals surface area (Å²) in [4.78, 5) is 0. The highest BCUT2D eigenvalue weighted by molar-refractivity contribution is 7.87. The van der Waals surface area contributed by atoms with Gasteiger partial charge < -0.3 is 10.1 Å². The van der Waals surface area contributed by atoms with Crippen molar-refractivity contribution in [3.63, 3.8) is 0 Å². The zero-order valence-corrected chi connectivity index (χ0v) is 11.3. The van der Waals surface area contributed by atoms with Crippen LogP contribution < -0.4 is 14.8 Å². The highest BCUT2D eigenvalue weighted by Crippen LogP contribution is 2.06. The molecule has 1 rings (SSSR count). The van der Waals surface area contributed by atoms with Crippen LogP contribution in [0.15, 0.2) is 0 Å². The van der Waals surface area contributed by atoms with Gasteiger partial charge in [-0.25, -0.2) is 0 Å². The average molecular weight is 265 g/mol. The van der Waals surface area contributed by atoms with Gasteiger partial charge in [-0.15, -0.1) is 0 Å². The number of rotatable bonds is 7. The summed E-state index contributed by atoms with van der Waals surface area (Å²) in [5.74, 6) is 0. The van der Waals surface area contributed by atoms with E-state index in [9.17, 15) is 8.42 Å². The molecule has 17 heavy (non-hydrogen) atoms. The SMILES string of the molecule is CC(C)NS(=O)(=O)NCCOC1CCNCC1. The van der Waals surface area contributed by atoms with E-state index in [4.69, 9.17) is 4.74 Å². The van der Waals surface area contributed by atoms with Crippen LogP contribution in [-0.4, -0.2) is 46.8 Å². The fraction of sp³-hybridized carbons (Fsp3) is 1.00. The predicted molar refractivity (Wildman–Crippen MR) is 67.0 cm³/mol. The molecule has 1 heterocycles. The molecule has 1 fully saturated rings. The largest absolute Gasteiger partial charge is 0.377 e. The molecular formula is C10H23N3O3S. The summed E-state index contributed by atoms with van der Waals surface area (Å²) in [6, 6.07) is -0.0992. The Hall–Kier alpha value is -0.210. The second-order valence-electron chi connectivity index (χ2n) is 4.49. The molecule has 6 nitrogen and oxygen atoms in total. The quantitative estimate of drug-likeness (QED) is 0.547. The van der Waals surface area contributed by atoms with E-state index in [1.165, 1.54) is 0 Å². The van der Waals surface area contributed by atoms with Crippen LogP contribution in [0.5, 0.6) is 0 Å². The standard InChI is InChI=1S/C10H23N3O3S/c1-9(2)13-17(14,15)12-7-8-16-10-3-5-11-6-4-10/h9-13H,3-8H2,1-2H3. The first kappa shape index (κ1) is 14.8. The molecule has 0 aliphatic carbocycles. The lowest BCUT2D eigenvalue weighted by Crippen LogP contribution is -2.42. The molecule has 1 aliphatic heterocycles. The van der Waals surface area contributed by atoms with Crippen molar-refractivity contribution in [2.45, 2.75) is 38.8 Å². The van der Waals surface area contributed by atoms with E-state index in [2.05, 4.69) is 14.8 Å². The minimum absolute atomic E-state index is 0.0992. The Kier molecular flexibility index (Phi) is 6.35. The number of hydrogen-bond donors (Lipinski definition) is 3. The smallest absolute Gasteiger partial charge is 0.277 e. The molecule has 0 amide bonds. The number of hydrogen-bond acceptors (Lipinski definition) is 4. The first-order chi connectivity index (χ1) is 7.99. The Labute approximate surface area is 104 Å². The van der Waals surface area contributed by atoms with Crippen molar-refractivity contribution in [3.05, 3.63) is 0 Å². The number of piperidine rings is 1. The van der Waals surface area contributed by atoms with Crippen LogP contribution in [0.3, 0.4) is 0 Å². The monoisotopic (exact) mass is 265 g/mol. The van der Waals surface area contributed by atoms with Crippen molar-refractivity contribution in [1.82, 2.24) is 14.8 Å². The molecule has 1 saturated heterocycles. The minimum Gasteiger partial charge on any atom is -0.377 e. The highest BCUT2D eigenvalue weighted by atomic mass is 32.2. The summed E-state index contributed by atoms with van der Waals surface area (Å²) in [5, 5.41) is 3.25. The van der Waals surface area contributed by atoms with Gasteiger partial charge in [-0.3, -0.25) is 0 Å². The van der Waals surface area contributed by atoms with Crippen LogP contribution in [0.4, 0.5) is 0 Å². The third kappa shape index (κ3) is 6.95. The lowest BCUT2D eigenvalue weighted by molar-refractivity contribution is 0.0366. The van der Waals surface area contributed by atoms with Crippen LogP contribution in [0, 0.1) is 0 Å². The zero-order chi connectivity index (χ0) is 12.7. The van der Waals surface area contributed by atoms with E-state index in [-0.39, 0.29) is 12.1 Å². The Morgan fingerprint density at radius 1 is 1.35 bits per heavy atom. The van der Waals surface area contributed by atoms with Crippen molar-refractivity contribution < 1.29 is 13.2 Å². The summed E-state index contributed by atoms with van der Waals surface area (Å²) in [5.41, 5.74) is 0. The lowest BCUT2D eigenvalue weighted by Gasteiger charge is -2.23. The lowest BCUT2D eigenvalue weighted by atomic mass is 10.1. The van der Waals surface area contributed by atoms with E-state index in [1.54, 1.807) is 13.8 Å². The summed E-state index contributed by atoms with van der Waals surface area (Å²) < 4.78 is 33.3. The Bertz CT molecular complexity index is 300. The predicted octanol–water partition coefficient (Wildman–Crippen LogP) is -0.413. The van der Waals surface area contributed by atoms with Gasteiger partial charge in [0.2, 0.25) is 0 Å². The molecule has 102 valence electrons. The molecule has 0 radical (unpaired) electrons. The first-order valence-corrected chi connectivity index (χ1v) is 7.57. The average Bonchev–Trinajstić information content (AvgIpc) is 2.24. The van der Waals surface area contributed by atoms with Gasteiger partial charge >= 0.3 is 0 Å². The summed E-state index contributed by atoms with van der Waals surface area (Å²) in [6.07, 6.45) is 2.26. The Balaban J connectivity index is 2.10. The molecule has 0 atom stereocenters. The van der Waals surface area contributed by atoms with E-state index in [0.717, 1.165) is 25.9 Å². The van der Waals surface area contributed by atoms with Gasteiger partial charge in [-0.05, 0) is 39.8 Å². The van der Waals surface area contributed by atoms with E-state index in [1.807, 2.05) is 0 Å². The molecule has 0 aromatic carbocycles. The van der Waals surface area contributed by atoms with Crippen LogP contribution in [0.2, 0.25) is 0 Å². The second kappa shape index (κ2) is 7.27. The first-order valence-electron chi connectivity index (χ1n) is 6.09. The molecule has 0 aromatic rings. The maximum absolute atomic E-state index is 11.4. The zero-order valence-electron chi connectivity index (χ0n) is 10.5. The third-order valence-electron chi connectivity index (χ3n) is 2.42. The molecule has 3 N–H and O–H groups in total. The van der Waals surface area contributed by atoms with Gasteiger partial charge in [-0.1, -0.05) is 0 Å². The summed E-state index contributed by atoms with van der Waals surface area (Å²) >= 11 is 0. The second-order valence-corrected chi connectivity index (χ2v) is 6.02. The molecule has 0 saturated carbocycles.